The van der Waals surface area contributed by atoms with Crippen LogP contribution in [0.2, 0.25) is 0 Å². The van der Waals surface area contributed by atoms with Gasteiger partial charge in [-0.1, -0.05) is 18.1 Å². The third-order valence-electron chi connectivity index (χ3n) is 3.41. The van der Waals surface area contributed by atoms with E-state index in [0.29, 0.717) is 11.5 Å². The summed E-state index contributed by atoms with van der Waals surface area (Å²) in [6.07, 6.45) is 3.68. The Morgan fingerprint density at radius 1 is 1.26 bits per heavy atom. The molecule has 0 atom stereocenters. The summed E-state index contributed by atoms with van der Waals surface area (Å²) in [5, 5.41) is 8.75. The Morgan fingerprint density at radius 3 is 2.83 bits per heavy atom. The predicted molar refractivity (Wildman–Crippen MR) is 90.9 cm³/mol. The highest BCUT2D eigenvalue weighted by molar-refractivity contribution is 7.98. The predicted octanol–water partition coefficient (Wildman–Crippen LogP) is 3.09. The van der Waals surface area contributed by atoms with Crippen LogP contribution in [-0.4, -0.2) is 36.9 Å². The molecule has 23 heavy (non-hydrogen) atoms. The van der Waals surface area contributed by atoms with Crippen molar-refractivity contribution < 1.29 is 4.52 Å². The summed E-state index contributed by atoms with van der Waals surface area (Å²) in [4.78, 5) is 9.19. The minimum atomic E-state index is 0.669. The molecule has 0 radical (unpaired) electrons. The number of rotatable bonds is 6. The van der Waals surface area contributed by atoms with Crippen LogP contribution in [-0.2, 0) is 12.8 Å². The summed E-state index contributed by atoms with van der Waals surface area (Å²) in [5.41, 5.74) is 1.62. The lowest BCUT2D eigenvalue weighted by Gasteiger charge is -2.03. The maximum Gasteiger partial charge on any atom is 0.187 e. The van der Waals surface area contributed by atoms with Gasteiger partial charge in [0, 0.05) is 30.4 Å². The van der Waals surface area contributed by atoms with Crippen molar-refractivity contribution in [1.29, 1.82) is 0 Å². The van der Waals surface area contributed by atoms with Crippen LogP contribution < -0.4 is 0 Å². The molecule has 120 valence electrons. The molecule has 0 aliphatic rings. The molecule has 0 bridgehead atoms. The molecule has 0 saturated heterocycles. The second kappa shape index (κ2) is 6.95. The van der Waals surface area contributed by atoms with Gasteiger partial charge in [0.1, 0.15) is 5.76 Å². The summed E-state index contributed by atoms with van der Waals surface area (Å²) in [5.74, 6) is 4.01. The average Bonchev–Trinajstić information content (AvgIpc) is 3.19. The Kier molecular flexibility index (Phi) is 4.76. The summed E-state index contributed by atoms with van der Waals surface area (Å²) in [6.45, 7) is 3.99. The largest absolute Gasteiger partial charge is 0.361 e. The quantitative estimate of drug-likeness (QED) is 0.692. The molecule has 0 unspecified atom stereocenters. The number of thioether (sulfide) groups is 1. The molecule has 7 heteroatoms. The molecule has 0 aliphatic heterocycles. The van der Waals surface area contributed by atoms with Crippen molar-refractivity contribution in [1.82, 2.24) is 24.9 Å². The zero-order valence-corrected chi connectivity index (χ0v) is 14.3. The van der Waals surface area contributed by atoms with Gasteiger partial charge in [-0.25, -0.2) is 9.97 Å². The van der Waals surface area contributed by atoms with E-state index in [4.69, 9.17) is 4.52 Å². The third-order valence-corrected chi connectivity index (χ3v) is 4.02. The van der Waals surface area contributed by atoms with Crippen LogP contribution in [0.5, 0.6) is 0 Å². The van der Waals surface area contributed by atoms with E-state index in [1.54, 1.807) is 16.4 Å². The van der Waals surface area contributed by atoms with Crippen LogP contribution in [0.25, 0.3) is 17.3 Å². The van der Waals surface area contributed by atoms with Crippen LogP contribution in [0.4, 0.5) is 0 Å². The van der Waals surface area contributed by atoms with Crippen molar-refractivity contribution in [3.8, 4) is 17.3 Å². The van der Waals surface area contributed by atoms with Gasteiger partial charge >= 0.3 is 0 Å². The number of pyridine rings is 1. The second-order valence-electron chi connectivity index (χ2n) is 5.18. The third kappa shape index (κ3) is 3.44. The van der Waals surface area contributed by atoms with E-state index >= 15 is 0 Å². The zero-order valence-electron chi connectivity index (χ0n) is 13.5. The molecule has 0 aliphatic carbocycles. The SMILES string of the molecule is CCc1cc(-c2nc(CCSC)nn2-c2cccc(C)n2)no1. The van der Waals surface area contributed by atoms with Crippen LogP contribution in [0.3, 0.4) is 0 Å². The fourth-order valence-electron chi connectivity index (χ4n) is 2.21. The monoisotopic (exact) mass is 329 g/mol. The second-order valence-corrected chi connectivity index (χ2v) is 6.16. The number of aryl methyl sites for hydroxylation is 3. The molecule has 0 spiro atoms. The lowest BCUT2D eigenvalue weighted by atomic mass is 10.3. The number of nitrogens with zero attached hydrogens (tertiary/aromatic N) is 5. The molecule has 3 aromatic rings. The van der Waals surface area contributed by atoms with E-state index in [-0.39, 0.29) is 0 Å². The van der Waals surface area contributed by atoms with Crippen LogP contribution in [0.1, 0.15) is 24.2 Å². The number of aromatic nitrogens is 5. The molecular weight excluding hydrogens is 310 g/mol. The van der Waals surface area contributed by atoms with Crippen LogP contribution in [0, 0.1) is 6.92 Å². The first-order chi connectivity index (χ1) is 11.2. The molecule has 3 aromatic heterocycles. The smallest absolute Gasteiger partial charge is 0.187 e. The molecule has 3 rings (SSSR count). The highest BCUT2D eigenvalue weighted by atomic mass is 32.2. The van der Waals surface area contributed by atoms with Gasteiger partial charge in [-0.3, -0.25) is 0 Å². The maximum absolute atomic E-state index is 5.32. The van der Waals surface area contributed by atoms with Gasteiger partial charge < -0.3 is 4.52 Å². The van der Waals surface area contributed by atoms with E-state index in [2.05, 4.69) is 26.5 Å². The van der Waals surface area contributed by atoms with Crippen molar-refractivity contribution in [3.63, 3.8) is 0 Å². The number of hydrogen-bond donors (Lipinski definition) is 0. The molecule has 0 aromatic carbocycles. The van der Waals surface area contributed by atoms with Gasteiger partial charge in [0.2, 0.25) is 0 Å². The average molecular weight is 329 g/mol. The van der Waals surface area contributed by atoms with Gasteiger partial charge in [-0.15, -0.1) is 5.10 Å². The minimum absolute atomic E-state index is 0.669. The zero-order chi connectivity index (χ0) is 16.2. The topological polar surface area (TPSA) is 69.6 Å². The highest BCUT2D eigenvalue weighted by Gasteiger charge is 2.18. The molecule has 0 saturated carbocycles. The summed E-state index contributed by atoms with van der Waals surface area (Å²) in [7, 11) is 0. The first-order valence-electron chi connectivity index (χ1n) is 7.56. The summed E-state index contributed by atoms with van der Waals surface area (Å²) >= 11 is 1.77. The van der Waals surface area contributed by atoms with Crippen molar-refractivity contribution in [2.24, 2.45) is 0 Å². The van der Waals surface area contributed by atoms with Crippen molar-refractivity contribution in [2.75, 3.05) is 12.0 Å². The summed E-state index contributed by atoms with van der Waals surface area (Å²) < 4.78 is 7.07. The highest BCUT2D eigenvalue weighted by Crippen LogP contribution is 2.21. The minimum Gasteiger partial charge on any atom is -0.361 e. The van der Waals surface area contributed by atoms with E-state index in [1.165, 1.54) is 0 Å². The molecule has 0 fully saturated rings. The van der Waals surface area contributed by atoms with Gasteiger partial charge in [0.25, 0.3) is 0 Å². The van der Waals surface area contributed by atoms with E-state index in [9.17, 15) is 0 Å². The fourth-order valence-corrected chi connectivity index (χ4v) is 2.60. The fraction of sp³-hybridized carbons (Fsp3) is 0.375. The standard InChI is InChI=1S/C16H19N5OS/c1-4-12-10-13(20-22-12)16-18-14(8-9-23-3)19-21(16)15-7-5-6-11(2)17-15/h5-7,10H,4,8-9H2,1-3H3. The lowest BCUT2D eigenvalue weighted by molar-refractivity contribution is 0.388. The van der Waals surface area contributed by atoms with Crippen molar-refractivity contribution >= 4 is 11.8 Å². The Hall–Kier alpha value is -2.15. The Labute approximate surface area is 139 Å². The van der Waals surface area contributed by atoms with Gasteiger partial charge in [0.15, 0.2) is 23.2 Å². The molecule has 0 amide bonds. The first kappa shape index (κ1) is 15.7. The van der Waals surface area contributed by atoms with Gasteiger partial charge in [0.05, 0.1) is 0 Å². The normalized spacial score (nSPS) is 11.1. The van der Waals surface area contributed by atoms with Crippen LogP contribution >= 0.6 is 11.8 Å². The van der Waals surface area contributed by atoms with Crippen LogP contribution in [0.15, 0.2) is 28.8 Å². The van der Waals surface area contributed by atoms with E-state index < -0.39 is 0 Å². The lowest BCUT2D eigenvalue weighted by Crippen LogP contribution is -2.03. The Morgan fingerprint density at radius 2 is 2.13 bits per heavy atom. The summed E-state index contributed by atoms with van der Waals surface area (Å²) in [6, 6.07) is 7.75. The van der Waals surface area contributed by atoms with Gasteiger partial charge in [-0.05, 0) is 25.3 Å². The molecule has 6 nitrogen and oxygen atoms in total. The van der Waals surface area contributed by atoms with E-state index in [1.807, 2.05) is 38.1 Å². The first-order valence-corrected chi connectivity index (χ1v) is 8.95. The Balaban J connectivity index is 2.06. The molecule has 0 N–H and O–H groups in total. The van der Waals surface area contributed by atoms with E-state index in [0.717, 1.165) is 41.7 Å². The molecule has 3 heterocycles. The molecular formula is C16H19N5OS. The van der Waals surface area contributed by atoms with Crippen molar-refractivity contribution in [3.05, 3.63) is 41.5 Å². The number of hydrogen-bond acceptors (Lipinski definition) is 6. The van der Waals surface area contributed by atoms with Gasteiger partial charge in [-0.2, -0.15) is 16.4 Å². The van der Waals surface area contributed by atoms with Crippen molar-refractivity contribution in [2.45, 2.75) is 26.7 Å². The maximum atomic E-state index is 5.32. The Bertz CT molecular complexity index is 795.